The smallest absolute Gasteiger partial charge is 0.379 e. The highest BCUT2D eigenvalue weighted by Gasteiger charge is 2.30. The zero-order valence-electron chi connectivity index (χ0n) is 16.7. The van der Waals surface area contributed by atoms with Gasteiger partial charge in [-0.25, -0.2) is 0 Å². The third-order valence-electron chi connectivity index (χ3n) is 4.73. The number of hydrogen-bond donors (Lipinski definition) is 2. The van der Waals surface area contributed by atoms with Crippen LogP contribution >= 0.6 is 0 Å². The van der Waals surface area contributed by atoms with Gasteiger partial charge in [-0.2, -0.15) is 13.2 Å². The van der Waals surface area contributed by atoms with Gasteiger partial charge >= 0.3 is 6.18 Å². The number of ether oxygens (including phenoxy) is 2. The SMILES string of the molecule is CN=C(NCCC(C)c1cccc(C(F)(F)F)c1)NC(C)COC1CCOC1. The molecular weight excluding hydrogens is 371 g/mol. The van der Waals surface area contributed by atoms with Crippen molar-refractivity contribution in [2.24, 2.45) is 4.99 Å². The molecule has 2 rings (SSSR count). The van der Waals surface area contributed by atoms with Crippen molar-refractivity contribution in [2.45, 2.75) is 50.9 Å². The van der Waals surface area contributed by atoms with Crippen molar-refractivity contribution in [1.82, 2.24) is 10.6 Å². The van der Waals surface area contributed by atoms with Gasteiger partial charge in [-0.1, -0.05) is 25.1 Å². The monoisotopic (exact) mass is 401 g/mol. The molecule has 28 heavy (non-hydrogen) atoms. The molecule has 0 saturated carbocycles. The third-order valence-corrected chi connectivity index (χ3v) is 4.73. The van der Waals surface area contributed by atoms with E-state index >= 15 is 0 Å². The Morgan fingerprint density at radius 1 is 1.36 bits per heavy atom. The molecule has 1 aromatic carbocycles. The maximum atomic E-state index is 12.9. The summed E-state index contributed by atoms with van der Waals surface area (Å²) in [5, 5.41) is 6.47. The Labute approximate surface area is 164 Å². The quantitative estimate of drug-likeness (QED) is 0.517. The van der Waals surface area contributed by atoms with E-state index in [1.807, 2.05) is 13.8 Å². The summed E-state index contributed by atoms with van der Waals surface area (Å²) in [6.45, 7) is 6.48. The van der Waals surface area contributed by atoms with Crippen molar-refractivity contribution in [1.29, 1.82) is 0 Å². The van der Waals surface area contributed by atoms with E-state index in [1.165, 1.54) is 12.1 Å². The molecule has 8 heteroatoms. The minimum Gasteiger partial charge on any atom is -0.379 e. The first-order valence-corrected chi connectivity index (χ1v) is 9.63. The lowest BCUT2D eigenvalue weighted by Crippen LogP contribution is -2.44. The Kier molecular flexibility index (Phi) is 8.57. The highest BCUT2D eigenvalue weighted by molar-refractivity contribution is 5.79. The summed E-state index contributed by atoms with van der Waals surface area (Å²) in [4.78, 5) is 4.19. The second-order valence-corrected chi connectivity index (χ2v) is 7.18. The van der Waals surface area contributed by atoms with Crippen molar-refractivity contribution in [3.8, 4) is 0 Å². The van der Waals surface area contributed by atoms with Crippen LogP contribution in [0.15, 0.2) is 29.3 Å². The highest BCUT2D eigenvalue weighted by atomic mass is 19.4. The molecule has 3 unspecified atom stereocenters. The van der Waals surface area contributed by atoms with E-state index in [-0.39, 0.29) is 18.1 Å². The molecule has 1 aliphatic heterocycles. The van der Waals surface area contributed by atoms with Crippen LogP contribution in [-0.2, 0) is 15.7 Å². The summed E-state index contributed by atoms with van der Waals surface area (Å²) in [7, 11) is 1.68. The first-order valence-electron chi connectivity index (χ1n) is 9.63. The van der Waals surface area contributed by atoms with Gasteiger partial charge in [0.25, 0.3) is 0 Å². The summed E-state index contributed by atoms with van der Waals surface area (Å²) in [6.07, 6.45) is -2.55. The molecule has 0 aliphatic carbocycles. The first-order chi connectivity index (χ1) is 13.3. The van der Waals surface area contributed by atoms with Gasteiger partial charge in [0.2, 0.25) is 0 Å². The van der Waals surface area contributed by atoms with Crippen molar-refractivity contribution >= 4 is 5.96 Å². The van der Waals surface area contributed by atoms with E-state index in [0.29, 0.717) is 37.7 Å². The fraction of sp³-hybridized carbons (Fsp3) is 0.650. The molecule has 5 nitrogen and oxygen atoms in total. The molecule has 1 fully saturated rings. The number of nitrogens with zero attached hydrogens (tertiary/aromatic N) is 1. The van der Waals surface area contributed by atoms with E-state index < -0.39 is 11.7 Å². The fourth-order valence-corrected chi connectivity index (χ4v) is 2.99. The van der Waals surface area contributed by atoms with Crippen LogP contribution in [0, 0.1) is 0 Å². The number of guanidine groups is 1. The molecule has 0 bridgehead atoms. The molecule has 0 aromatic heterocycles. The van der Waals surface area contributed by atoms with Crippen molar-refractivity contribution in [2.75, 3.05) is 33.4 Å². The lowest BCUT2D eigenvalue weighted by atomic mass is 9.96. The molecule has 158 valence electrons. The predicted octanol–water partition coefficient (Wildman–Crippen LogP) is 3.56. The molecule has 0 radical (unpaired) electrons. The van der Waals surface area contributed by atoms with Crippen LogP contribution in [-0.4, -0.2) is 51.5 Å². The second-order valence-electron chi connectivity index (χ2n) is 7.18. The van der Waals surface area contributed by atoms with Gasteiger partial charge in [0, 0.05) is 26.2 Å². The lowest BCUT2D eigenvalue weighted by molar-refractivity contribution is -0.137. The Bertz CT molecular complexity index is 631. The van der Waals surface area contributed by atoms with Crippen LogP contribution in [0.25, 0.3) is 0 Å². The number of halogens is 3. The Morgan fingerprint density at radius 2 is 2.14 bits per heavy atom. The zero-order chi connectivity index (χ0) is 20.6. The van der Waals surface area contributed by atoms with E-state index in [2.05, 4.69) is 15.6 Å². The van der Waals surface area contributed by atoms with Crippen LogP contribution in [0.5, 0.6) is 0 Å². The molecule has 2 N–H and O–H groups in total. The van der Waals surface area contributed by atoms with Gasteiger partial charge < -0.3 is 20.1 Å². The lowest BCUT2D eigenvalue weighted by Gasteiger charge is -2.20. The predicted molar refractivity (Wildman–Crippen MR) is 104 cm³/mol. The topological polar surface area (TPSA) is 54.9 Å². The van der Waals surface area contributed by atoms with E-state index in [9.17, 15) is 13.2 Å². The first kappa shape index (κ1) is 22.5. The average molecular weight is 401 g/mol. The van der Waals surface area contributed by atoms with Gasteiger partial charge in [0.1, 0.15) is 0 Å². The number of alkyl halides is 3. The van der Waals surface area contributed by atoms with Crippen molar-refractivity contribution in [3.63, 3.8) is 0 Å². The van der Waals surface area contributed by atoms with Gasteiger partial charge in [-0.05, 0) is 37.3 Å². The molecule has 1 heterocycles. The molecule has 1 saturated heterocycles. The summed E-state index contributed by atoms with van der Waals surface area (Å²) in [5.74, 6) is 0.644. The summed E-state index contributed by atoms with van der Waals surface area (Å²) >= 11 is 0. The Hall–Kier alpha value is -1.80. The number of benzene rings is 1. The summed E-state index contributed by atoms with van der Waals surface area (Å²) < 4.78 is 49.7. The largest absolute Gasteiger partial charge is 0.416 e. The number of hydrogen-bond acceptors (Lipinski definition) is 3. The van der Waals surface area contributed by atoms with Gasteiger partial charge in [0.05, 0.1) is 24.9 Å². The maximum absolute atomic E-state index is 12.9. The van der Waals surface area contributed by atoms with Gasteiger partial charge in [0.15, 0.2) is 5.96 Å². The molecular formula is C20H30F3N3O2. The molecule has 0 amide bonds. The third kappa shape index (κ3) is 7.31. The average Bonchev–Trinajstić information content (AvgIpc) is 3.18. The van der Waals surface area contributed by atoms with Crippen molar-refractivity contribution < 1.29 is 22.6 Å². The van der Waals surface area contributed by atoms with Gasteiger partial charge in [-0.15, -0.1) is 0 Å². The van der Waals surface area contributed by atoms with Crippen LogP contribution in [0.1, 0.15) is 43.7 Å². The Morgan fingerprint density at radius 3 is 2.79 bits per heavy atom. The molecule has 1 aliphatic rings. The van der Waals surface area contributed by atoms with Crippen LogP contribution in [0.4, 0.5) is 13.2 Å². The fourth-order valence-electron chi connectivity index (χ4n) is 2.99. The zero-order valence-corrected chi connectivity index (χ0v) is 16.7. The van der Waals surface area contributed by atoms with Crippen LogP contribution in [0.3, 0.4) is 0 Å². The van der Waals surface area contributed by atoms with Crippen molar-refractivity contribution in [3.05, 3.63) is 35.4 Å². The minimum absolute atomic E-state index is 0.00368. The van der Waals surface area contributed by atoms with Crippen LogP contribution in [0.2, 0.25) is 0 Å². The highest BCUT2D eigenvalue weighted by Crippen LogP contribution is 2.31. The van der Waals surface area contributed by atoms with Gasteiger partial charge in [-0.3, -0.25) is 4.99 Å². The normalized spacial score (nSPS) is 20.1. The number of nitrogens with one attached hydrogen (secondary N) is 2. The minimum atomic E-state index is -4.32. The summed E-state index contributed by atoms with van der Waals surface area (Å²) in [5.41, 5.74) is 0.0731. The molecule has 0 spiro atoms. The van der Waals surface area contributed by atoms with Crippen LogP contribution < -0.4 is 10.6 Å². The second kappa shape index (κ2) is 10.7. The number of rotatable bonds is 8. The Balaban J connectivity index is 1.74. The maximum Gasteiger partial charge on any atom is 0.416 e. The van der Waals surface area contributed by atoms with E-state index in [1.54, 1.807) is 13.1 Å². The number of aliphatic imine (C=N–C) groups is 1. The van der Waals surface area contributed by atoms with E-state index in [4.69, 9.17) is 9.47 Å². The summed E-state index contributed by atoms with van der Waals surface area (Å²) in [6, 6.07) is 5.59. The standard InChI is InChI=1S/C20H30F3N3O2/c1-14(16-5-4-6-17(11-16)20(21,22)23)7-9-25-19(24-3)26-15(2)12-28-18-8-10-27-13-18/h4-6,11,14-15,18H,7-10,12-13H2,1-3H3,(H2,24,25,26). The molecule has 1 aromatic rings. The molecule has 3 atom stereocenters. The van der Waals surface area contributed by atoms with E-state index in [0.717, 1.165) is 19.1 Å².